The lowest BCUT2D eigenvalue weighted by Crippen LogP contribution is -2.47. The average molecular weight is 474 g/mol. The molecule has 0 saturated carbocycles. The molecule has 0 radical (unpaired) electrons. The lowest BCUT2D eigenvalue weighted by molar-refractivity contribution is -0.118. The van der Waals surface area contributed by atoms with Crippen molar-refractivity contribution in [3.05, 3.63) is 54.1 Å². The highest BCUT2D eigenvalue weighted by molar-refractivity contribution is 7.89. The largest absolute Gasteiger partial charge is 0.494 e. The maximum Gasteiger partial charge on any atom is 0.251 e. The Bertz CT molecular complexity index is 1060. The molecule has 1 atom stereocenters. The molecule has 0 aromatic heterocycles. The summed E-state index contributed by atoms with van der Waals surface area (Å²) in [5.74, 6) is -0.229. The van der Waals surface area contributed by atoms with Gasteiger partial charge in [-0.1, -0.05) is 13.8 Å². The van der Waals surface area contributed by atoms with Crippen LogP contribution in [0.5, 0.6) is 5.75 Å². The van der Waals surface area contributed by atoms with E-state index in [1.54, 1.807) is 36.4 Å². The molecule has 0 bridgehead atoms. The minimum atomic E-state index is -3.51. The molecule has 33 heavy (non-hydrogen) atoms. The summed E-state index contributed by atoms with van der Waals surface area (Å²) < 4.78 is 32.2. The van der Waals surface area contributed by atoms with E-state index in [9.17, 15) is 18.0 Å². The fourth-order valence-corrected chi connectivity index (χ4v) is 5.15. The molecular weight excluding hydrogens is 442 g/mol. The van der Waals surface area contributed by atoms with E-state index in [0.717, 1.165) is 12.8 Å². The van der Waals surface area contributed by atoms with Crippen molar-refractivity contribution in [2.45, 2.75) is 44.6 Å². The maximum absolute atomic E-state index is 12.9. The van der Waals surface area contributed by atoms with E-state index in [2.05, 4.69) is 10.6 Å². The quantitative estimate of drug-likeness (QED) is 0.582. The second-order valence-corrected chi connectivity index (χ2v) is 10.2. The van der Waals surface area contributed by atoms with Crippen molar-refractivity contribution >= 4 is 27.5 Å². The van der Waals surface area contributed by atoms with Crippen molar-refractivity contribution in [1.29, 1.82) is 0 Å². The number of sulfonamides is 1. The first kappa shape index (κ1) is 24.7. The van der Waals surface area contributed by atoms with E-state index in [1.807, 2.05) is 20.8 Å². The summed E-state index contributed by atoms with van der Waals surface area (Å²) in [6, 6.07) is 12.1. The summed E-state index contributed by atoms with van der Waals surface area (Å²) in [7, 11) is -3.51. The molecular formula is C24H31N3O5S. The topological polar surface area (TPSA) is 105 Å². The summed E-state index contributed by atoms with van der Waals surface area (Å²) in [6.07, 6.45) is 1.73. The van der Waals surface area contributed by atoms with Gasteiger partial charge in [-0.3, -0.25) is 9.59 Å². The highest BCUT2D eigenvalue weighted by Crippen LogP contribution is 2.22. The fourth-order valence-electron chi connectivity index (χ4n) is 3.64. The Balaban J connectivity index is 1.65. The van der Waals surface area contributed by atoms with Gasteiger partial charge in [0.25, 0.3) is 5.91 Å². The summed E-state index contributed by atoms with van der Waals surface area (Å²) in [5, 5.41) is 5.55. The molecule has 1 aliphatic heterocycles. The minimum Gasteiger partial charge on any atom is -0.494 e. The fraction of sp³-hybridized carbons (Fsp3) is 0.417. The zero-order chi connectivity index (χ0) is 24.0. The minimum absolute atomic E-state index is 0.161. The lowest BCUT2D eigenvalue weighted by Gasteiger charge is -2.22. The van der Waals surface area contributed by atoms with Gasteiger partial charge in [0.15, 0.2) is 0 Å². The monoisotopic (exact) mass is 473 g/mol. The van der Waals surface area contributed by atoms with Crippen LogP contribution in [0.3, 0.4) is 0 Å². The Morgan fingerprint density at radius 1 is 1.00 bits per heavy atom. The number of nitrogens with one attached hydrogen (secondary N) is 2. The number of amides is 2. The molecule has 0 unspecified atom stereocenters. The zero-order valence-corrected chi connectivity index (χ0v) is 20.0. The number of nitrogens with zero attached hydrogens (tertiary/aromatic N) is 1. The molecule has 1 saturated heterocycles. The standard InChI is InChI=1S/C24H31N3O5S/c1-4-32-20-11-7-18(8-12-20)23(28)26-22(17(2)3)24(29)25-19-9-13-21(14-10-19)33(30,31)27-15-5-6-16-27/h7-14,17,22H,4-6,15-16H2,1-3H3,(H,25,29)(H,26,28)/t22-/m1/s1. The zero-order valence-electron chi connectivity index (χ0n) is 19.2. The second kappa shape index (κ2) is 10.8. The van der Waals surface area contributed by atoms with E-state index in [4.69, 9.17) is 4.74 Å². The first-order valence-electron chi connectivity index (χ1n) is 11.2. The number of ether oxygens (including phenoxy) is 1. The van der Waals surface area contributed by atoms with E-state index in [1.165, 1.54) is 16.4 Å². The third kappa shape index (κ3) is 6.11. The molecule has 2 amide bonds. The van der Waals surface area contributed by atoms with E-state index in [-0.39, 0.29) is 22.6 Å². The van der Waals surface area contributed by atoms with Gasteiger partial charge in [-0.25, -0.2) is 8.42 Å². The van der Waals surface area contributed by atoms with Crippen LogP contribution in [0.1, 0.15) is 44.0 Å². The molecule has 9 heteroatoms. The Morgan fingerprint density at radius 3 is 2.15 bits per heavy atom. The molecule has 1 heterocycles. The van der Waals surface area contributed by atoms with Crippen LogP contribution in [0.25, 0.3) is 0 Å². The summed E-state index contributed by atoms with van der Waals surface area (Å²) >= 11 is 0. The molecule has 8 nitrogen and oxygen atoms in total. The number of hydrogen-bond donors (Lipinski definition) is 2. The van der Waals surface area contributed by atoms with Gasteiger partial charge < -0.3 is 15.4 Å². The summed E-state index contributed by atoms with van der Waals surface area (Å²) in [4.78, 5) is 25.7. The number of rotatable bonds is 9. The second-order valence-electron chi connectivity index (χ2n) is 8.28. The van der Waals surface area contributed by atoms with Crippen LogP contribution in [0.15, 0.2) is 53.4 Å². The van der Waals surface area contributed by atoms with Gasteiger partial charge in [0.05, 0.1) is 11.5 Å². The van der Waals surface area contributed by atoms with Crippen molar-refractivity contribution in [3.8, 4) is 5.75 Å². The van der Waals surface area contributed by atoms with Crippen molar-refractivity contribution in [3.63, 3.8) is 0 Å². The van der Waals surface area contributed by atoms with Crippen molar-refractivity contribution in [2.24, 2.45) is 5.92 Å². The van der Waals surface area contributed by atoms with Gasteiger partial charge in [-0.15, -0.1) is 0 Å². The van der Waals surface area contributed by atoms with Gasteiger partial charge in [-0.2, -0.15) is 4.31 Å². The SMILES string of the molecule is CCOc1ccc(C(=O)N[C@@H](C(=O)Nc2ccc(S(=O)(=O)N3CCCC3)cc2)C(C)C)cc1. The molecule has 0 spiro atoms. The van der Waals surface area contributed by atoms with E-state index in [0.29, 0.717) is 36.7 Å². The molecule has 2 aromatic carbocycles. The van der Waals surface area contributed by atoms with Crippen LogP contribution >= 0.6 is 0 Å². The molecule has 1 aliphatic rings. The molecule has 0 aliphatic carbocycles. The number of carbonyl (C=O) groups is 2. The van der Waals surface area contributed by atoms with Crippen LogP contribution in [0.4, 0.5) is 5.69 Å². The molecule has 3 rings (SSSR count). The third-order valence-corrected chi connectivity index (χ3v) is 7.40. The smallest absolute Gasteiger partial charge is 0.251 e. The molecule has 1 fully saturated rings. The Hall–Kier alpha value is -2.91. The third-order valence-electron chi connectivity index (χ3n) is 5.49. The predicted octanol–water partition coefficient (Wildman–Crippen LogP) is 3.26. The Kier molecular flexibility index (Phi) is 8.10. The number of hydrogen-bond acceptors (Lipinski definition) is 5. The van der Waals surface area contributed by atoms with Crippen molar-refractivity contribution in [1.82, 2.24) is 9.62 Å². The van der Waals surface area contributed by atoms with E-state index < -0.39 is 16.1 Å². The normalized spacial score (nSPS) is 15.3. The van der Waals surface area contributed by atoms with Crippen molar-refractivity contribution in [2.75, 3.05) is 25.0 Å². The summed E-state index contributed by atoms with van der Waals surface area (Å²) in [6.45, 7) is 7.16. The Morgan fingerprint density at radius 2 is 1.61 bits per heavy atom. The van der Waals surface area contributed by atoms with Crippen molar-refractivity contribution < 1.29 is 22.7 Å². The number of anilines is 1. The van der Waals surface area contributed by atoms with Gasteiger partial charge in [0.1, 0.15) is 11.8 Å². The number of carbonyl (C=O) groups excluding carboxylic acids is 2. The highest BCUT2D eigenvalue weighted by Gasteiger charge is 2.28. The first-order chi connectivity index (χ1) is 15.7. The van der Waals surface area contributed by atoms with Gasteiger partial charge in [-0.05, 0) is 74.2 Å². The van der Waals surface area contributed by atoms with Crippen LogP contribution in [0.2, 0.25) is 0 Å². The van der Waals surface area contributed by atoms with Crippen LogP contribution in [-0.4, -0.2) is 50.3 Å². The molecule has 2 N–H and O–H groups in total. The summed E-state index contributed by atoms with van der Waals surface area (Å²) in [5.41, 5.74) is 0.884. The van der Waals surface area contributed by atoms with E-state index >= 15 is 0 Å². The molecule has 178 valence electrons. The Labute approximate surface area is 195 Å². The molecule has 2 aromatic rings. The highest BCUT2D eigenvalue weighted by atomic mass is 32.2. The first-order valence-corrected chi connectivity index (χ1v) is 12.6. The average Bonchev–Trinajstić information content (AvgIpc) is 3.34. The van der Waals surface area contributed by atoms with Crippen LogP contribution in [0, 0.1) is 5.92 Å². The van der Waals surface area contributed by atoms with Gasteiger partial charge >= 0.3 is 0 Å². The maximum atomic E-state index is 12.9. The van der Waals surface area contributed by atoms with Gasteiger partial charge in [0, 0.05) is 24.3 Å². The lowest BCUT2D eigenvalue weighted by atomic mass is 10.0. The van der Waals surface area contributed by atoms with Crippen LogP contribution in [-0.2, 0) is 14.8 Å². The van der Waals surface area contributed by atoms with Gasteiger partial charge in [0.2, 0.25) is 15.9 Å². The predicted molar refractivity (Wildman–Crippen MR) is 127 cm³/mol. The van der Waals surface area contributed by atoms with Crippen LogP contribution < -0.4 is 15.4 Å². The number of benzene rings is 2.